The number of rotatable bonds is 5. The van der Waals surface area contributed by atoms with Crippen molar-refractivity contribution < 1.29 is 9.53 Å². The Morgan fingerprint density at radius 1 is 1.00 bits per heavy atom. The van der Waals surface area contributed by atoms with Crippen LogP contribution in [0, 0.1) is 0 Å². The van der Waals surface area contributed by atoms with Gasteiger partial charge in [-0.2, -0.15) is 0 Å². The lowest BCUT2D eigenvalue weighted by atomic mass is 10.2. The fourth-order valence-electron chi connectivity index (χ4n) is 3.47. The van der Waals surface area contributed by atoms with Gasteiger partial charge in [-0.15, -0.1) is 0 Å². The highest BCUT2D eigenvalue weighted by Crippen LogP contribution is 2.22. The molecule has 1 aromatic heterocycles. The average molecular weight is 434 g/mol. The Morgan fingerprint density at radius 3 is 2.45 bits per heavy atom. The van der Waals surface area contributed by atoms with Gasteiger partial charge in [-0.05, 0) is 24.3 Å². The van der Waals surface area contributed by atoms with Crippen LogP contribution < -0.4 is 9.80 Å². The summed E-state index contributed by atoms with van der Waals surface area (Å²) >= 11 is 7.43. The van der Waals surface area contributed by atoms with Gasteiger partial charge >= 0.3 is 0 Å². The van der Waals surface area contributed by atoms with Gasteiger partial charge < -0.3 is 19.4 Å². The van der Waals surface area contributed by atoms with Crippen molar-refractivity contribution in [3.05, 3.63) is 41.7 Å². The summed E-state index contributed by atoms with van der Waals surface area (Å²) in [4.78, 5) is 27.7. The van der Waals surface area contributed by atoms with Gasteiger partial charge in [-0.3, -0.25) is 4.79 Å². The molecular weight excluding hydrogens is 410 g/mol. The molecule has 0 N–H and O–H groups in total. The van der Waals surface area contributed by atoms with E-state index < -0.39 is 0 Å². The number of thioether (sulfide) groups is 1. The molecule has 0 saturated carbocycles. The standard InChI is InChI=1S/C20H24ClN5O2S/c21-16-1-3-17(4-2-16)24-5-7-26(8-6-24)20(27)14-29-19-13-18(22-15-23-19)25-9-11-28-12-10-25/h1-4,13,15H,5-12,14H2. The van der Waals surface area contributed by atoms with E-state index in [1.54, 1.807) is 6.33 Å². The van der Waals surface area contributed by atoms with E-state index in [0.717, 1.165) is 60.8 Å². The van der Waals surface area contributed by atoms with Gasteiger partial charge in [0.2, 0.25) is 5.91 Å². The lowest BCUT2D eigenvalue weighted by Crippen LogP contribution is -2.49. The molecule has 7 nitrogen and oxygen atoms in total. The molecule has 1 aromatic carbocycles. The summed E-state index contributed by atoms with van der Waals surface area (Å²) in [6.07, 6.45) is 1.57. The molecule has 3 heterocycles. The number of carbonyl (C=O) groups excluding carboxylic acids is 1. The van der Waals surface area contributed by atoms with E-state index >= 15 is 0 Å². The Morgan fingerprint density at radius 2 is 1.72 bits per heavy atom. The highest BCUT2D eigenvalue weighted by molar-refractivity contribution is 7.99. The van der Waals surface area contributed by atoms with E-state index in [4.69, 9.17) is 16.3 Å². The summed E-state index contributed by atoms with van der Waals surface area (Å²) < 4.78 is 5.39. The molecule has 2 aliphatic rings. The Bertz CT molecular complexity index is 824. The van der Waals surface area contributed by atoms with E-state index in [9.17, 15) is 4.79 Å². The van der Waals surface area contributed by atoms with Gasteiger partial charge in [-0.25, -0.2) is 9.97 Å². The summed E-state index contributed by atoms with van der Waals surface area (Å²) in [6, 6.07) is 9.81. The molecule has 0 radical (unpaired) electrons. The molecule has 0 aliphatic carbocycles. The minimum Gasteiger partial charge on any atom is -0.378 e. The molecule has 2 saturated heterocycles. The fourth-order valence-corrected chi connectivity index (χ4v) is 4.36. The molecular formula is C20H24ClN5O2S. The lowest BCUT2D eigenvalue weighted by molar-refractivity contribution is -0.128. The van der Waals surface area contributed by atoms with Gasteiger partial charge in [0.15, 0.2) is 0 Å². The minimum absolute atomic E-state index is 0.150. The molecule has 0 atom stereocenters. The first-order chi connectivity index (χ1) is 14.2. The number of nitrogens with zero attached hydrogens (tertiary/aromatic N) is 5. The van der Waals surface area contributed by atoms with Crippen LogP contribution in [0.5, 0.6) is 0 Å². The molecule has 4 rings (SSSR count). The largest absolute Gasteiger partial charge is 0.378 e. The second kappa shape index (κ2) is 9.65. The fraction of sp³-hybridized carbons (Fsp3) is 0.450. The van der Waals surface area contributed by atoms with Gasteiger partial charge in [0.05, 0.1) is 19.0 Å². The molecule has 2 aromatic rings. The maximum absolute atomic E-state index is 12.6. The highest BCUT2D eigenvalue weighted by Gasteiger charge is 2.21. The van der Waals surface area contributed by atoms with Crippen molar-refractivity contribution in [2.45, 2.75) is 5.03 Å². The summed E-state index contributed by atoms with van der Waals surface area (Å²) in [5.74, 6) is 1.44. The third-order valence-electron chi connectivity index (χ3n) is 5.13. The Labute approximate surface area is 180 Å². The van der Waals surface area contributed by atoms with E-state index in [1.165, 1.54) is 11.8 Å². The smallest absolute Gasteiger partial charge is 0.233 e. The molecule has 0 spiro atoms. The molecule has 154 valence electrons. The number of carbonyl (C=O) groups is 1. The highest BCUT2D eigenvalue weighted by atomic mass is 35.5. The van der Waals surface area contributed by atoms with Crippen LogP contribution in [0.3, 0.4) is 0 Å². The van der Waals surface area contributed by atoms with Crippen molar-refractivity contribution in [3.8, 4) is 0 Å². The molecule has 1 amide bonds. The van der Waals surface area contributed by atoms with Crippen LogP contribution in [-0.2, 0) is 9.53 Å². The number of anilines is 2. The monoisotopic (exact) mass is 433 g/mol. The topological polar surface area (TPSA) is 61.8 Å². The number of aromatic nitrogens is 2. The van der Waals surface area contributed by atoms with Crippen LogP contribution in [0.25, 0.3) is 0 Å². The SMILES string of the molecule is O=C(CSc1cc(N2CCOCC2)ncn1)N1CCN(c2ccc(Cl)cc2)CC1. The predicted octanol–water partition coefficient (Wildman–Crippen LogP) is 2.41. The number of piperazine rings is 1. The summed E-state index contributed by atoms with van der Waals surface area (Å²) in [5, 5.41) is 1.57. The molecule has 29 heavy (non-hydrogen) atoms. The van der Waals surface area contributed by atoms with Crippen molar-refractivity contribution in [3.63, 3.8) is 0 Å². The first-order valence-corrected chi connectivity index (χ1v) is 11.1. The number of benzene rings is 1. The van der Waals surface area contributed by atoms with E-state index in [2.05, 4.69) is 19.8 Å². The summed E-state index contributed by atoms with van der Waals surface area (Å²) in [5.41, 5.74) is 1.15. The van der Waals surface area contributed by atoms with Crippen molar-refractivity contribution in [2.24, 2.45) is 0 Å². The third-order valence-corrected chi connectivity index (χ3v) is 6.29. The van der Waals surface area contributed by atoms with Gasteiger partial charge in [0.1, 0.15) is 17.2 Å². The molecule has 0 bridgehead atoms. The first kappa shape index (κ1) is 20.3. The summed E-state index contributed by atoms with van der Waals surface area (Å²) in [6.45, 7) is 6.20. The first-order valence-electron chi connectivity index (χ1n) is 9.75. The summed E-state index contributed by atoms with van der Waals surface area (Å²) in [7, 11) is 0. The van der Waals surface area contributed by atoms with Crippen LogP contribution in [-0.4, -0.2) is 79.0 Å². The van der Waals surface area contributed by atoms with Crippen molar-refractivity contribution in [2.75, 3.05) is 68.0 Å². The van der Waals surface area contributed by atoms with Crippen LogP contribution in [0.15, 0.2) is 41.7 Å². The maximum Gasteiger partial charge on any atom is 0.233 e. The van der Waals surface area contributed by atoms with E-state index in [1.807, 2.05) is 35.2 Å². The zero-order valence-corrected chi connectivity index (χ0v) is 17.7. The quantitative estimate of drug-likeness (QED) is 0.530. The minimum atomic E-state index is 0.150. The van der Waals surface area contributed by atoms with E-state index in [-0.39, 0.29) is 5.91 Å². The van der Waals surface area contributed by atoms with Crippen LogP contribution in [0.4, 0.5) is 11.5 Å². The van der Waals surface area contributed by atoms with Crippen molar-refractivity contribution in [1.82, 2.24) is 14.9 Å². The van der Waals surface area contributed by atoms with Crippen LogP contribution >= 0.6 is 23.4 Å². The van der Waals surface area contributed by atoms with Crippen molar-refractivity contribution in [1.29, 1.82) is 0 Å². The van der Waals surface area contributed by atoms with Crippen LogP contribution in [0.1, 0.15) is 0 Å². The van der Waals surface area contributed by atoms with Gasteiger partial charge in [-0.1, -0.05) is 23.4 Å². The third kappa shape index (κ3) is 5.32. The van der Waals surface area contributed by atoms with Crippen molar-refractivity contribution >= 4 is 40.8 Å². The number of halogens is 1. The second-order valence-electron chi connectivity index (χ2n) is 6.95. The number of hydrogen-bond donors (Lipinski definition) is 0. The Balaban J connectivity index is 1.26. The predicted molar refractivity (Wildman–Crippen MR) is 116 cm³/mol. The van der Waals surface area contributed by atoms with Crippen LogP contribution in [0.2, 0.25) is 5.02 Å². The van der Waals surface area contributed by atoms with E-state index in [0.29, 0.717) is 19.0 Å². The molecule has 0 unspecified atom stereocenters. The normalized spacial score (nSPS) is 17.5. The molecule has 9 heteroatoms. The second-order valence-corrected chi connectivity index (χ2v) is 8.38. The average Bonchev–Trinajstić information content (AvgIpc) is 2.79. The van der Waals surface area contributed by atoms with Gasteiger partial charge in [0, 0.05) is 56.0 Å². The zero-order valence-electron chi connectivity index (χ0n) is 16.2. The number of morpholine rings is 1. The number of amides is 1. The number of hydrogen-bond acceptors (Lipinski definition) is 7. The molecule has 2 fully saturated rings. The Hall–Kier alpha value is -2.03. The Kier molecular flexibility index (Phi) is 6.74. The van der Waals surface area contributed by atoms with Gasteiger partial charge in [0.25, 0.3) is 0 Å². The lowest BCUT2D eigenvalue weighted by Gasteiger charge is -2.36. The zero-order chi connectivity index (χ0) is 20.1. The molecule has 2 aliphatic heterocycles. The number of ether oxygens (including phenoxy) is 1. The maximum atomic E-state index is 12.6.